The van der Waals surface area contributed by atoms with Crippen LogP contribution in [0.2, 0.25) is 0 Å². The molecule has 0 aliphatic heterocycles. The van der Waals surface area contributed by atoms with Crippen molar-refractivity contribution in [2.75, 3.05) is 5.32 Å². The number of amides is 1. The van der Waals surface area contributed by atoms with Crippen LogP contribution in [0, 0.1) is 20.8 Å². The highest BCUT2D eigenvalue weighted by molar-refractivity contribution is 7.12. The van der Waals surface area contributed by atoms with Gasteiger partial charge in [-0.1, -0.05) is 5.16 Å². The number of hydrogen-bond donors (Lipinski definition) is 1. The zero-order valence-corrected chi connectivity index (χ0v) is 18.1. The Hall–Kier alpha value is -3.66. The molecule has 0 fully saturated rings. The van der Waals surface area contributed by atoms with Gasteiger partial charge < -0.3 is 9.26 Å². The molecule has 1 atom stereocenters. The number of thiophene rings is 1. The maximum absolute atomic E-state index is 13.0. The molecule has 31 heavy (non-hydrogen) atoms. The first-order valence-electron chi connectivity index (χ1n) is 9.46. The summed E-state index contributed by atoms with van der Waals surface area (Å²) in [6.07, 6.45) is 1.92. The van der Waals surface area contributed by atoms with Gasteiger partial charge in [0.05, 0.1) is 22.3 Å². The van der Waals surface area contributed by atoms with Crippen LogP contribution in [-0.4, -0.2) is 38.1 Å². The third-order valence-electron chi connectivity index (χ3n) is 4.61. The molecular weight excluding hydrogens is 418 g/mol. The maximum Gasteiger partial charge on any atom is 0.339 e. The molecule has 4 heterocycles. The molecule has 4 aromatic heterocycles. The molecule has 10 heteroatoms. The summed E-state index contributed by atoms with van der Waals surface area (Å²) in [4.78, 5) is 40.0. The van der Waals surface area contributed by atoms with Crippen molar-refractivity contribution in [1.82, 2.24) is 20.1 Å². The maximum atomic E-state index is 13.0. The predicted molar refractivity (Wildman–Crippen MR) is 115 cm³/mol. The van der Waals surface area contributed by atoms with Crippen molar-refractivity contribution in [1.29, 1.82) is 0 Å². The Morgan fingerprint density at radius 2 is 1.90 bits per heavy atom. The number of pyridine rings is 1. The molecule has 4 rings (SSSR count). The number of nitrogens with one attached hydrogen (secondary N) is 1. The Labute approximate surface area is 181 Å². The average molecular weight is 437 g/mol. The van der Waals surface area contributed by atoms with E-state index in [1.165, 1.54) is 19.3 Å². The van der Waals surface area contributed by atoms with Crippen LogP contribution in [0.3, 0.4) is 0 Å². The number of anilines is 1. The third kappa shape index (κ3) is 4.15. The number of nitrogens with zero attached hydrogens (tertiary/aromatic N) is 4. The van der Waals surface area contributed by atoms with E-state index in [1.54, 1.807) is 30.4 Å². The number of aryl methyl sites for hydroxylation is 3. The predicted octanol–water partition coefficient (Wildman–Crippen LogP) is 3.85. The van der Waals surface area contributed by atoms with Crippen molar-refractivity contribution >= 4 is 40.3 Å². The molecule has 0 spiro atoms. The van der Waals surface area contributed by atoms with Crippen molar-refractivity contribution in [3.8, 4) is 11.3 Å². The van der Waals surface area contributed by atoms with E-state index in [0.717, 1.165) is 15.3 Å². The van der Waals surface area contributed by atoms with Crippen molar-refractivity contribution in [2.24, 2.45) is 0 Å². The Morgan fingerprint density at radius 1 is 1.16 bits per heavy atom. The van der Waals surface area contributed by atoms with Crippen LogP contribution in [0.4, 0.5) is 5.95 Å². The summed E-state index contributed by atoms with van der Waals surface area (Å²) in [5.41, 5.74) is 2.46. The monoisotopic (exact) mass is 437 g/mol. The molecule has 1 N–H and O–H groups in total. The molecule has 0 bridgehead atoms. The molecule has 1 amide bonds. The molecule has 9 nitrogen and oxygen atoms in total. The number of ether oxygens (including phenoxy) is 1. The number of aromatic nitrogens is 4. The van der Waals surface area contributed by atoms with E-state index in [2.05, 4.69) is 25.4 Å². The summed E-state index contributed by atoms with van der Waals surface area (Å²) in [7, 11) is 0. The highest BCUT2D eigenvalue weighted by Crippen LogP contribution is 2.33. The minimum absolute atomic E-state index is 0.127. The van der Waals surface area contributed by atoms with Crippen molar-refractivity contribution in [3.63, 3.8) is 0 Å². The lowest BCUT2D eigenvalue weighted by atomic mass is 10.1. The van der Waals surface area contributed by atoms with Crippen LogP contribution in [0.25, 0.3) is 22.4 Å². The van der Waals surface area contributed by atoms with Gasteiger partial charge in [-0.2, -0.15) is 0 Å². The summed E-state index contributed by atoms with van der Waals surface area (Å²) in [6.45, 7) is 7.18. The molecule has 0 aliphatic carbocycles. The van der Waals surface area contributed by atoms with Gasteiger partial charge >= 0.3 is 5.97 Å². The third-order valence-corrected chi connectivity index (χ3v) is 5.57. The van der Waals surface area contributed by atoms with Gasteiger partial charge in [-0.3, -0.25) is 10.1 Å². The molecule has 0 aromatic carbocycles. The van der Waals surface area contributed by atoms with E-state index >= 15 is 0 Å². The highest BCUT2D eigenvalue weighted by atomic mass is 32.1. The van der Waals surface area contributed by atoms with Crippen LogP contribution in [0.15, 0.2) is 35.1 Å². The molecule has 0 saturated heterocycles. The first-order chi connectivity index (χ1) is 14.8. The van der Waals surface area contributed by atoms with E-state index in [9.17, 15) is 9.59 Å². The second kappa shape index (κ2) is 8.23. The summed E-state index contributed by atoms with van der Waals surface area (Å²) in [5, 5.41) is 6.90. The zero-order chi connectivity index (χ0) is 22.1. The van der Waals surface area contributed by atoms with Crippen molar-refractivity contribution in [2.45, 2.75) is 33.8 Å². The summed E-state index contributed by atoms with van der Waals surface area (Å²) in [6, 6.07) is 5.28. The SMILES string of the molecule is Cc1cc(-c2cc(C(=O)OC(C)C(=O)Nc3ncccn3)c3c(C)noc3n2)c(C)s1. The van der Waals surface area contributed by atoms with Gasteiger partial charge in [0.2, 0.25) is 5.95 Å². The first kappa shape index (κ1) is 20.6. The van der Waals surface area contributed by atoms with Crippen molar-refractivity contribution < 1.29 is 18.8 Å². The summed E-state index contributed by atoms with van der Waals surface area (Å²) >= 11 is 1.64. The largest absolute Gasteiger partial charge is 0.449 e. The number of carbonyl (C=O) groups excluding carboxylic acids is 2. The van der Waals surface area contributed by atoms with E-state index in [4.69, 9.17) is 9.26 Å². The Morgan fingerprint density at radius 3 is 2.58 bits per heavy atom. The number of rotatable bonds is 5. The van der Waals surface area contributed by atoms with Gasteiger partial charge in [0.1, 0.15) is 0 Å². The molecule has 158 valence electrons. The van der Waals surface area contributed by atoms with Crippen molar-refractivity contribution in [3.05, 3.63) is 51.6 Å². The van der Waals surface area contributed by atoms with Gasteiger partial charge in [0.25, 0.3) is 11.6 Å². The topological polar surface area (TPSA) is 120 Å². The lowest BCUT2D eigenvalue weighted by Crippen LogP contribution is -2.30. The van der Waals surface area contributed by atoms with E-state index < -0.39 is 18.0 Å². The molecule has 1 unspecified atom stereocenters. The lowest BCUT2D eigenvalue weighted by Gasteiger charge is -2.13. The van der Waals surface area contributed by atoms with Crippen LogP contribution in [0.1, 0.15) is 32.7 Å². The number of hydrogen-bond acceptors (Lipinski definition) is 9. The van der Waals surface area contributed by atoms with Crippen LogP contribution in [-0.2, 0) is 9.53 Å². The minimum atomic E-state index is -1.08. The molecule has 0 aliphatic rings. The first-order valence-corrected chi connectivity index (χ1v) is 10.3. The van der Waals surface area contributed by atoms with Gasteiger partial charge in [0.15, 0.2) is 6.10 Å². The van der Waals surface area contributed by atoms with E-state index in [1.807, 2.05) is 19.9 Å². The normalized spacial score (nSPS) is 12.0. The molecular formula is C21H19N5O4S. The van der Waals surface area contributed by atoms with Gasteiger partial charge in [-0.25, -0.2) is 19.7 Å². The minimum Gasteiger partial charge on any atom is -0.449 e. The lowest BCUT2D eigenvalue weighted by molar-refractivity contribution is -0.123. The number of fused-ring (bicyclic) bond motifs is 1. The van der Waals surface area contributed by atoms with Crippen LogP contribution in [0.5, 0.6) is 0 Å². The van der Waals surface area contributed by atoms with Crippen LogP contribution < -0.4 is 5.32 Å². The quantitative estimate of drug-likeness (QED) is 0.468. The fourth-order valence-corrected chi connectivity index (χ4v) is 4.07. The fraction of sp³-hybridized carbons (Fsp3) is 0.238. The Balaban J connectivity index is 1.64. The van der Waals surface area contributed by atoms with Gasteiger partial charge in [0, 0.05) is 27.7 Å². The highest BCUT2D eigenvalue weighted by Gasteiger charge is 2.25. The second-order valence-corrected chi connectivity index (χ2v) is 8.40. The van der Waals surface area contributed by atoms with Gasteiger partial charge in [-0.05, 0) is 45.9 Å². The summed E-state index contributed by atoms with van der Waals surface area (Å²) < 4.78 is 10.7. The Bertz CT molecular complexity index is 1280. The molecule has 0 saturated carbocycles. The standard InChI is InChI=1S/C21H19N5O4S/c1-10-8-14(13(4)31-10)16-9-15(17-11(2)26-30-19(17)24-16)20(28)29-12(3)18(27)25-21-22-6-5-7-23-21/h5-9,12H,1-4H3,(H,22,23,25,27). The van der Waals surface area contributed by atoms with E-state index in [0.29, 0.717) is 16.8 Å². The van der Waals surface area contributed by atoms with Crippen LogP contribution >= 0.6 is 11.3 Å². The zero-order valence-electron chi connectivity index (χ0n) is 17.3. The molecule has 4 aromatic rings. The fourth-order valence-electron chi connectivity index (χ4n) is 3.13. The molecule has 0 radical (unpaired) electrons. The summed E-state index contributed by atoms with van der Waals surface area (Å²) in [5.74, 6) is -1.10. The Kier molecular flexibility index (Phi) is 5.47. The number of esters is 1. The average Bonchev–Trinajstić information content (AvgIpc) is 3.29. The van der Waals surface area contributed by atoms with Gasteiger partial charge in [-0.15, -0.1) is 11.3 Å². The smallest absolute Gasteiger partial charge is 0.339 e. The number of carbonyl (C=O) groups is 2. The second-order valence-electron chi connectivity index (χ2n) is 6.94. The van der Waals surface area contributed by atoms with E-state index in [-0.39, 0.29) is 17.2 Å².